The standard InChI is InChI=1S/C17H23NO/c1-13(7-5-6-12-18)8-9-15-14(2)16(19)10-11-17(15,3)4/h5-9,16,19H,10-11H2,1-4H3/b6-5+,9-8+,13-7+. The number of aliphatic hydroxyl groups is 1. The molecule has 1 N–H and O–H groups in total. The van der Waals surface area contributed by atoms with Gasteiger partial charge in [-0.25, -0.2) is 0 Å². The molecule has 0 aromatic heterocycles. The Morgan fingerprint density at radius 2 is 2.16 bits per heavy atom. The Morgan fingerprint density at radius 3 is 2.79 bits per heavy atom. The number of aliphatic hydroxyl groups excluding tert-OH is 1. The molecule has 102 valence electrons. The van der Waals surface area contributed by atoms with Crippen molar-refractivity contribution in [2.24, 2.45) is 5.41 Å². The summed E-state index contributed by atoms with van der Waals surface area (Å²) in [5, 5.41) is 18.4. The first-order valence-corrected chi connectivity index (χ1v) is 6.69. The van der Waals surface area contributed by atoms with Gasteiger partial charge in [-0.1, -0.05) is 43.7 Å². The SMILES string of the molecule is CC1=C(/C=C/C(C)=C/C=C/C#N)C(C)(C)CCC1O. The number of nitrogens with zero attached hydrogens (tertiary/aromatic N) is 1. The molecule has 0 aliphatic heterocycles. The van der Waals surface area contributed by atoms with Crippen LogP contribution in [0.5, 0.6) is 0 Å². The summed E-state index contributed by atoms with van der Waals surface area (Å²) in [5.41, 5.74) is 3.50. The second-order valence-electron chi connectivity index (χ2n) is 5.77. The molecule has 0 radical (unpaired) electrons. The molecule has 0 bridgehead atoms. The zero-order valence-electron chi connectivity index (χ0n) is 12.3. The average Bonchev–Trinajstić information content (AvgIpc) is 2.34. The van der Waals surface area contributed by atoms with Crippen LogP contribution in [0.4, 0.5) is 0 Å². The van der Waals surface area contributed by atoms with E-state index in [2.05, 4.69) is 19.9 Å². The molecule has 2 nitrogen and oxygen atoms in total. The molecule has 0 heterocycles. The van der Waals surface area contributed by atoms with Gasteiger partial charge in [0.25, 0.3) is 0 Å². The minimum Gasteiger partial charge on any atom is -0.389 e. The van der Waals surface area contributed by atoms with Crippen LogP contribution in [0.2, 0.25) is 0 Å². The van der Waals surface area contributed by atoms with Gasteiger partial charge in [-0.2, -0.15) is 5.26 Å². The number of allylic oxidation sites excluding steroid dienone is 7. The summed E-state index contributed by atoms with van der Waals surface area (Å²) in [6.45, 7) is 8.45. The van der Waals surface area contributed by atoms with Crippen LogP contribution >= 0.6 is 0 Å². The Bertz CT molecular complexity index is 484. The molecule has 1 rings (SSSR count). The first-order valence-electron chi connectivity index (χ1n) is 6.69. The zero-order chi connectivity index (χ0) is 14.5. The summed E-state index contributed by atoms with van der Waals surface area (Å²) in [6, 6.07) is 1.96. The van der Waals surface area contributed by atoms with E-state index in [4.69, 9.17) is 5.26 Å². The van der Waals surface area contributed by atoms with Crippen LogP contribution in [0.15, 0.2) is 47.1 Å². The third kappa shape index (κ3) is 4.22. The number of rotatable bonds is 3. The molecule has 19 heavy (non-hydrogen) atoms. The summed E-state index contributed by atoms with van der Waals surface area (Å²) in [7, 11) is 0. The maximum absolute atomic E-state index is 9.97. The van der Waals surface area contributed by atoms with E-state index in [-0.39, 0.29) is 11.5 Å². The quantitative estimate of drug-likeness (QED) is 0.612. The van der Waals surface area contributed by atoms with Crippen molar-refractivity contribution in [3.05, 3.63) is 47.1 Å². The molecule has 1 unspecified atom stereocenters. The van der Waals surface area contributed by atoms with E-state index in [9.17, 15) is 5.11 Å². The van der Waals surface area contributed by atoms with Gasteiger partial charge < -0.3 is 5.11 Å². The second-order valence-corrected chi connectivity index (χ2v) is 5.77. The van der Waals surface area contributed by atoms with Crippen LogP contribution in [0, 0.1) is 16.7 Å². The normalized spacial score (nSPS) is 24.2. The number of hydrogen-bond acceptors (Lipinski definition) is 2. The highest BCUT2D eigenvalue weighted by molar-refractivity contribution is 5.38. The van der Waals surface area contributed by atoms with Gasteiger partial charge in [-0.15, -0.1) is 0 Å². The molecule has 0 aromatic rings. The van der Waals surface area contributed by atoms with Gasteiger partial charge in [0, 0.05) is 6.08 Å². The van der Waals surface area contributed by atoms with E-state index in [1.807, 2.05) is 32.1 Å². The minimum absolute atomic E-state index is 0.114. The molecule has 1 atom stereocenters. The van der Waals surface area contributed by atoms with E-state index in [1.54, 1.807) is 6.08 Å². The molecule has 2 heteroatoms. The lowest BCUT2D eigenvalue weighted by Crippen LogP contribution is -2.27. The van der Waals surface area contributed by atoms with Crippen molar-refractivity contribution in [3.63, 3.8) is 0 Å². The number of nitriles is 1. The lowest BCUT2D eigenvalue weighted by atomic mass is 9.71. The van der Waals surface area contributed by atoms with Gasteiger partial charge in [0.2, 0.25) is 0 Å². The van der Waals surface area contributed by atoms with E-state index < -0.39 is 0 Å². The Kier molecular flexibility index (Phi) is 5.32. The molecular formula is C17H23NO. The smallest absolute Gasteiger partial charge is 0.0912 e. The molecule has 0 fully saturated rings. The molecule has 0 spiro atoms. The summed E-state index contributed by atoms with van der Waals surface area (Å²) in [4.78, 5) is 0. The fraction of sp³-hybridized carbons (Fsp3) is 0.471. The maximum atomic E-state index is 9.97. The first kappa shape index (κ1) is 15.5. The molecular weight excluding hydrogens is 234 g/mol. The zero-order valence-corrected chi connectivity index (χ0v) is 12.3. The molecule has 0 aromatic carbocycles. The lowest BCUT2D eigenvalue weighted by molar-refractivity contribution is 0.163. The van der Waals surface area contributed by atoms with Crippen molar-refractivity contribution in [1.29, 1.82) is 5.26 Å². The highest BCUT2D eigenvalue weighted by atomic mass is 16.3. The van der Waals surface area contributed by atoms with Gasteiger partial charge in [-0.3, -0.25) is 0 Å². The van der Waals surface area contributed by atoms with Gasteiger partial charge in [0.1, 0.15) is 0 Å². The Morgan fingerprint density at radius 1 is 1.47 bits per heavy atom. The fourth-order valence-corrected chi connectivity index (χ4v) is 2.43. The predicted molar refractivity (Wildman–Crippen MR) is 79.4 cm³/mol. The van der Waals surface area contributed by atoms with Crippen LogP contribution in [0.3, 0.4) is 0 Å². The van der Waals surface area contributed by atoms with E-state index >= 15 is 0 Å². The van der Waals surface area contributed by atoms with Gasteiger partial charge >= 0.3 is 0 Å². The van der Waals surface area contributed by atoms with Gasteiger partial charge in [0.05, 0.1) is 12.2 Å². The van der Waals surface area contributed by atoms with Crippen LogP contribution < -0.4 is 0 Å². The van der Waals surface area contributed by atoms with Crippen molar-refractivity contribution in [2.45, 2.75) is 46.6 Å². The summed E-state index contributed by atoms with van der Waals surface area (Å²) in [5.74, 6) is 0. The topological polar surface area (TPSA) is 44.0 Å². The molecule has 0 saturated heterocycles. The maximum Gasteiger partial charge on any atom is 0.0912 e. The van der Waals surface area contributed by atoms with Crippen molar-refractivity contribution >= 4 is 0 Å². The Labute approximate surface area is 116 Å². The highest BCUT2D eigenvalue weighted by Crippen LogP contribution is 2.40. The summed E-state index contributed by atoms with van der Waals surface area (Å²) >= 11 is 0. The van der Waals surface area contributed by atoms with E-state index in [1.165, 1.54) is 11.6 Å². The van der Waals surface area contributed by atoms with Crippen molar-refractivity contribution in [2.75, 3.05) is 0 Å². The van der Waals surface area contributed by atoms with Gasteiger partial charge in [-0.05, 0) is 43.3 Å². The van der Waals surface area contributed by atoms with E-state index in [0.29, 0.717) is 0 Å². The minimum atomic E-state index is -0.310. The monoisotopic (exact) mass is 257 g/mol. The first-order chi connectivity index (χ1) is 8.88. The largest absolute Gasteiger partial charge is 0.389 e. The number of hydrogen-bond donors (Lipinski definition) is 1. The third-order valence-electron chi connectivity index (χ3n) is 3.74. The molecule has 0 amide bonds. The summed E-state index contributed by atoms with van der Waals surface area (Å²) in [6.07, 6.45) is 10.8. The van der Waals surface area contributed by atoms with Crippen molar-refractivity contribution in [1.82, 2.24) is 0 Å². The van der Waals surface area contributed by atoms with Crippen molar-refractivity contribution in [3.8, 4) is 6.07 Å². The molecule has 1 aliphatic rings. The molecule has 0 saturated carbocycles. The Balaban J connectivity index is 2.96. The lowest BCUT2D eigenvalue weighted by Gasteiger charge is -2.35. The third-order valence-corrected chi connectivity index (χ3v) is 3.74. The Hall–Kier alpha value is -1.59. The van der Waals surface area contributed by atoms with Crippen LogP contribution in [0.1, 0.15) is 40.5 Å². The van der Waals surface area contributed by atoms with Crippen LogP contribution in [-0.4, -0.2) is 11.2 Å². The molecule has 1 aliphatic carbocycles. The van der Waals surface area contributed by atoms with Crippen molar-refractivity contribution < 1.29 is 5.11 Å². The predicted octanol–water partition coefficient (Wildman–Crippen LogP) is 4.07. The highest BCUT2D eigenvalue weighted by Gasteiger charge is 2.30. The second kappa shape index (κ2) is 6.54. The van der Waals surface area contributed by atoms with Gasteiger partial charge in [0.15, 0.2) is 0 Å². The van der Waals surface area contributed by atoms with E-state index in [0.717, 1.165) is 24.0 Å². The average molecular weight is 257 g/mol. The van der Waals surface area contributed by atoms with Crippen LogP contribution in [0.25, 0.3) is 0 Å². The summed E-state index contributed by atoms with van der Waals surface area (Å²) < 4.78 is 0. The van der Waals surface area contributed by atoms with Crippen LogP contribution in [-0.2, 0) is 0 Å². The fourth-order valence-electron chi connectivity index (χ4n) is 2.43.